The largest absolute Gasteiger partial charge is 0.448 e. The SMILES string of the molecule is NC(=O)OCCn1ccc(N)n1. The molecule has 0 saturated carbocycles. The molecule has 6 heteroatoms. The number of aromatic nitrogens is 2. The Morgan fingerprint density at radius 3 is 3.00 bits per heavy atom. The number of nitrogens with zero attached hydrogens (tertiary/aromatic N) is 2. The Morgan fingerprint density at radius 1 is 1.75 bits per heavy atom. The molecule has 0 aliphatic rings. The minimum Gasteiger partial charge on any atom is -0.448 e. The van der Waals surface area contributed by atoms with E-state index in [-0.39, 0.29) is 6.61 Å². The second-order valence-electron chi connectivity index (χ2n) is 2.17. The molecule has 12 heavy (non-hydrogen) atoms. The number of ether oxygens (including phenoxy) is 1. The van der Waals surface area contributed by atoms with Crippen molar-refractivity contribution in [2.45, 2.75) is 6.54 Å². The van der Waals surface area contributed by atoms with Crippen molar-refractivity contribution in [3.63, 3.8) is 0 Å². The van der Waals surface area contributed by atoms with Gasteiger partial charge in [0.2, 0.25) is 0 Å². The third-order valence-corrected chi connectivity index (χ3v) is 1.23. The lowest BCUT2D eigenvalue weighted by atomic mass is 10.6. The van der Waals surface area contributed by atoms with Crippen LogP contribution in [-0.2, 0) is 11.3 Å². The predicted molar refractivity (Wildman–Crippen MR) is 42.2 cm³/mol. The lowest BCUT2D eigenvalue weighted by Crippen LogP contribution is -2.16. The molecule has 0 atom stereocenters. The molecule has 0 radical (unpaired) electrons. The lowest BCUT2D eigenvalue weighted by molar-refractivity contribution is 0.151. The van der Waals surface area contributed by atoms with E-state index in [1.807, 2.05) is 0 Å². The molecule has 66 valence electrons. The van der Waals surface area contributed by atoms with Crippen LogP contribution in [0.4, 0.5) is 10.6 Å². The molecule has 1 aromatic rings. The van der Waals surface area contributed by atoms with E-state index < -0.39 is 6.09 Å². The molecule has 1 rings (SSSR count). The first-order valence-corrected chi connectivity index (χ1v) is 3.39. The average Bonchev–Trinajstić information content (AvgIpc) is 2.35. The molecule has 0 aliphatic carbocycles. The molecule has 0 bridgehead atoms. The van der Waals surface area contributed by atoms with Crippen molar-refractivity contribution in [2.24, 2.45) is 5.73 Å². The first-order chi connectivity index (χ1) is 5.68. The summed E-state index contributed by atoms with van der Waals surface area (Å²) in [4.78, 5) is 10.1. The lowest BCUT2D eigenvalue weighted by Gasteiger charge is -2.00. The van der Waals surface area contributed by atoms with E-state index in [1.165, 1.54) is 0 Å². The predicted octanol–water partition coefficient (Wildman–Crippen LogP) is -0.439. The Labute approximate surface area is 69.1 Å². The van der Waals surface area contributed by atoms with Gasteiger partial charge in [0.15, 0.2) is 0 Å². The number of hydrogen-bond acceptors (Lipinski definition) is 4. The average molecular weight is 170 g/mol. The van der Waals surface area contributed by atoms with Gasteiger partial charge in [-0.3, -0.25) is 4.68 Å². The first kappa shape index (κ1) is 8.38. The van der Waals surface area contributed by atoms with Crippen LogP contribution in [0.2, 0.25) is 0 Å². The quantitative estimate of drug-likeness (QED) is 0.642. The van der Waals surface area contributed by atoms with Gasteiger partial charge >= 0.3 is 6.09 Å². The number of anilines is 1. The fourth-order valence-corrected chi connectivity index (χ4v) is 0.742. The second kappa shape index (κ2) is 3.61. The summed E-state index contributed by atoms with van der Waals surface area (Å²) in [5.74, 6) is 0.439. The summed E-state index contributed by atoms with van der Waals surface area (Å²) < 4.78 is 6.06. The smallest absolute Gasteiger partial charge is 0.404 e. The van der Waals surface area contributed by atoms with Crippen LogP contribution in [0.5, 0.6) is 0 Å². The van der Waals surface area contributed by atoms with Crippen molar-refractivity contribution in [1.29, 1.82) is 0 Å². The standard InChI is InChI=1S/C6H10N4O2/c7-5-1-2-10(9-5)3-4-12-6(8)11/h1-2H,3-4H2,(H2,7,9)(H2,8,11). The number of carbonyl (C=O) groups excluding carboxylic acids is 1. The van der Waals surface area contributed by atoms with Crippen LogP contribution >= 0.6 is 0 Å². The van der Waals surface area contributed by atoms with E-state index >= 15 is 0 Å². The van der Waals surface area contributed by atoms with E-state index in [0.29, 0.717) is 12.4 Å². The minimum absolute atomic E-state index is 0.205. The van der Waals surface area contributed by atoms with Gasteiger partial charge in [0, 0.05) is 6.20 Å². The number of primary amides is 1. The molecular weight excluding hydrogens is 160 g/mol. The van der Waals surface area contributed by atoms with Crippen molar-refractivity contribution in [3.8, 4) is 0 Å². The summed E-state index contributed by atoms with van der Waals surface area (Å²) in [7, 11) is 0. The van der Waals surface area contributed by atoms with Crippen LogP contribution in [-0.4, -0.2) is 22.5 Å². The summed E-state index contributed by atoms with van der Waals surface area (Å²) >= 11 is 0. The normalized spacial score (nSPS) is 9.67. The molecule has 1 heterocycles. The maximum absolute atomic E-state index is 10.1. The van der Waals surface area contributed by atoms with E-state index in [9.17, 15) is 4.79 Å². The van der Waals surface area contributed by atoms with Gasteiger partial charge in [-0.15, -0.1) is 0 Å². The summed E-state index contributed by atoms with van der Waals surface area (Å²) in [5, 5.41) is 3.87. The molecular formula is C6H10N4O2. The molecule has 6 nitrogen and oxygen atoms in total. The van der Waals surface area contributed by atoms with Gasteiger partial charge in [-0.2, -0.15) is 5.10 Å². The minimum atomic E-state index is -0.782. The Bertz CT molecular complexity index is 270. The zero-order valence-electron chi connectivity index (χ0n) is 6.43. The van der Waals surface area contributed by atoms with Gasteiger partial charge in [0.1, 0.15) is 12.4 Å². The zero-order chi connectivity index (χ0) is 8.97. The molecule has 0 unspecified atom stereocenters. The van der Waals surface area contributed by atoms with Crippen LogP contribution in [0.25, 0.3) is 0 Å². The maximum atomic E-state index is 10.1. The van der Waals surface area contributed by atoms with Crippen LogP contribution in [0.15, 0.2) is 12.3 Å². The number of carbonyl (C=O) groups is 1. The van der Waals surface area contributed by atoms with E-state index in [2.05, 4.69) is 9.84 Å². The van der Waals surface area contributed by atoms with Gasteiger partial charge < -0.3 is 16.2 Å². The molecule has 0 spiro atoms. The van der Waals surface area contributed by atoms with Crippen molar-refractivity contribution in [3.05, 3.63) is 12.3 Å². The number of nitrogen functional groups attached to an aromatic ring is 1. The van der Waals surface area contributed by atoms with Crippen molar-refractivity contribution in [1.82, 2.24) is 9.78 Å². The van der Waals surface area contributed by atoms with Crippen LogP contribution < -0.4 is 11.5 Å². The zero-order valence-corrected chi connectivity index (χ0v) is 6.43. The summed E-state index contributed by atoms with van der Waals surface area (Å²) in [6.45, 7) is 0.663. The third-order valence-electron chi connectivity index (χ3n) is 1.23. The van der Waals surface area contributed by atoms with E-state index in [0.717, 1.165) is 0 Å². The number of amides is 1. The third kappa shape index (κ3) is 2.49. The van der Waals surface area contributed by atoms with Gasteiger partial charge in [0.25, 0.3) is 0 Å². The summed E-state index contributed by atoms with van der Waals surface area (Å²) in [5.41, 5.74) is 10.1. The highest BCUT2D eigenvalue weighted by molar-refractivity contribution is 5.64. The van der Waals surface area contributed by atoms with Crippen LogP contribution in [0.3, 0.4) is 0 Å². The number of nitrogens with two attached hydrogens (primary N) is 2. The Kier molecular flexibility index (Phi) is 2.52. The van der Waals surface area contributed by atoms with Crippen LogP contribution in [0, 0.1) is 0 Å². The van der Waals surface area contributed by atoms with E-state index in [4.69, 9.17) is 11.5 Å². The van der Waals surface area contributed by atoms with Crippen molar-refractivity contribution in [2.75, 3.05) is 12.3 Å². The van der Waals surface area contributed by atoms with Gasteiger partial charge in [-0.25, -0.2) is 4.79 Å². The topological polar surface area (TPSA) is 96.2 Å². The Morgan fingerprint density at radius 2 is 2.50 bits per heavy atom. The first-order valence-electron chi connectivity index (χ1n) is 3.39. The highest BCUT2D eigenvalue weighted by Crippen LogP contribution is 1.94. The molecule has 1 aromatic heterocycles. The molecule has 4 N–H and O–H groups in total. The molecule has 0 aliphatic heterocycles. The fourth-order valence-electron chi connectivity index (χ4n) is 0.742. The molecule has 0 fully saturated rings. The molecule has 1 amide bonds. The highest BCUT2D eigenvalue weighted by atomic mass is 16.5. The molecule has 0 saturated heterocycles. The highest BCUT2D eigenvalue weighted by Gasteiger charge is 1.96. The van der Waals surface area contributed by atoms with Gasteiger partial charge in [0.05, 0.1) is 6.54 Å². The van der Waals surface area contributed by atoms with Crippen molar-refractivity contribution < 1.29 is 9.53 Å². The van der Waals surface area contributed by atoms with Crippen LogP contribution in [0.1, 0.15) is 0 Å². The number of hydrogen-bond donors (Lipinski definition) is 2. The number of rotatable bonds is 3. The van der Waals surface area contributed by atoms with Crippen molar-refractivity contribution >= 4 is 11.9 Å². The van der Waals surface area contributed by atoms with E-state index in [1.54, 1.807) is 16.9 Å². The summed E-state index contributed by atoms with van der Waals surface area (Å²) in [6, 6.07) is 1.66. The molecule has 0 aromatic carbocycles. The Hall–Kier alpha value is -1.72. The van der Waals surface area contributed by atoms with Gasteiger partial charge in [-0.1, -0.05) is 0 Å². The second-order valence-corrected chi connectivity index (χ2v) is 2.17. The maximum Gasteiger partial charge on any atom is 0.404 e. The monoisotopic (exact) mass is 170 g/mol. The van der Waals surface area contributed by atoms with Gasteiger partial charge in [-0.05, 0) is 6.07 Å². The fraction of sp³-hybridized carbons (Fsp3) is 0.333. The summed E-state index contributed by atoms with van der Waals surface area (Å²) in [6.07, 6.45) is 0.912. The Balaban J connectivity index is 2.29.